The molecule has 0 aromatic heterocycles. The van der Waals surface area contributed by atoms with E-state index in [0.717, 1.165) is 32.1 Å². The lowest BCUT2D eigenvalue weighted by atomic mass is 10.1. The van der Waals surface area contributed by atoms with Gasteiger partial charge in [0.15, 0.2) is 0 Å². The number of alkyl carbamates (subject to hydrolysis) is 1. The van der Waals surface area contributed by atoms with Crippen LogP contribution >= 0.6 is 0 Å². The molecule has 0 rings (SSSR count). The first kappa shape index (κ1) is 17.7. The van der Waals surface area contributed by atoms with Crippen molar-refractivity contribution >= 4 is 12.0 Å². The van der Waals surface area contributed by atoms with Crippen LogP contribution in [0.25, 0.3) is 0 Å². The molecule has 0 aliphatic rings. The molecule has 6 heteroatoms. The largest absolute Gasteiger partial charge is 0.444 e. The summed E-state index contributed by atoms with van der Waals surface area (Å²) in [5.41, 5.74) is 1.66. The first-order valence-corrected chi connectivity index (χ1v) is 6.81. The molecule has 0 aliphatic carbocycles. The van der Waals surface area contributed by atoms with Crippen LogP contribution in [-0.2, 0) is 9.53 Å². The molecule has 0 fully saturated rings. The number of hydrogen-bond donors (Lipinski definition) is 3. The van der Waals surface area contributed by atoms with E-state index in [0.29, 0.717) is 13.0 Å². The summed E-state index contributed by atoms with van der Waals surface area (Å²) in [6, 6.07) is 0. The lowest BCUT2D eigenvalue weighted by Crippen LogP contribution is -2.32. The van der Waals surface area contributed by atoms with Gasteiger partial charge in [-0.3, -0.25) is 10.2 Å². The third-order valence-electron chi connectivity index (χ3n) is 2.41. The number of unbranched alkanes of at least 4 members (excludes halogenated alkanes) is 4. The number of hydrogen-bond acceptors (Lipinski definition) is 4. The van der Waals surface area contributed by atoms with Crippen LogP contribution in [0.5, 0.6) is 0 Å². The fraction of sp³-hybridized carbons (Fsp3) is 0.846. The molecule has 2 amide bonds. The second-order valence-corrected chi connectivity index (χ2v) is 5.51. The van der Waals surface area contributed by atoms with Crippen LogP contribution in [-0.4, -0.2) is 24.1 Å². The molecule has 19 heavy (non-hydrogen) atoms. The molecule has 0 unspecified atom stereocenters. The van der Waals surface area contributed by atoms with Crippen LogP contribution in [0.15, 0.2) is 0 Å². The zero-order valence-electron chi connectivity index (χ0n) is 12.3. The Morgan fingerprint density at radius 3 is 2.21 bits per heavy atom. The minimum absolute atomic E-state index is 0.119. The molecule has 0 aliphatic heterocycles. The summed E-state index contributed by atoms with van der Waals surface area (Å²) in [4.78, 5) is 22.2. The number of nitrogens with two attached hydrogens (primary N) is 1. The molecular formula is C13H27N3O3. The van der Waals surface area contributed by atoms with Gasteiger partial charge in [-0.05, 0) is 33.6 Å². The highest BCUT2D eigenvalue weighted by Gasteiger charge is 2.15. The molecule has 0 saturated heterocycles. The van der Waals surface area contributed by atoms with Gasteiger partial charge in [-0.25, -0.2) is 10.6 Å². The molecule has 0 heterocycles. The molecule has 0 aromatic rings. The van der Waals surface area contributed by atoms with Crippen molar-refractivity contribution in [1.82, 2.24) is 10.7 Å². The first-order chi connectivity index (χ1) is 8.85. The van der Waals surface area contributed by atoms with E-state index in [1.165, 1.54) is 0 Å². The maximum atomic E-state index is 11.3. The van der Waals surface area contributed by atoms with Crippen LogP contribution in [0.4, 0.5) is 4.79 Å². The molecular weight excluding hydrogens is 246 g/mol. The van der Waals surface area contributed by atoms with Gasteiger partial charge in [0.1, 0.15) is 5.60 Å². The maximum absolute atomic E-state index is 11.3. The Hall–Kier alpha value is -1.30. The normalized spacial score (nSPS) is 10.9. The number of rotatable bonds is 8. The Kier molecular flexibility index (Phi) is 8.95. The highest BCUT2D eigenvalue weighted by Crippen LogP contribution is 2.07. The second-order valence-electron chi connectivity index (χ2n) is 5.51. The Morgan fingerprint density at radius 1 is 1.05 bits per heavy atom. The van der Waals surface area contributed by atoms with Crippen LogP contribution in [0.3, 0.4) is 0 Å². The van der Waals surface area contributed by atoms with E-state index in [1.807, 2.05) is 20.8 Å². The van der Waals surface area contributed by atoms with E-state index in [2.05, 4.69) is 10.7 Å². The molecule has 0 radical (unpaired) electrons. The summed E-state index contributed by atoms with van der Waals surface area (Å²) in [6.45, 7) is 6.14. The fourth-order valence-electron chi connectivity index (χ4n) is 1.52. The SMILES string of the molecule is CC(C)(C)OC(=O)NCCCCCCCC(=O)NN. The minimum atomic E-state index is -0.451. The maximum Gasteiger partial charge on any atom is 0.407 e. The third-order valence-corrected chi connectivity index (χ3v) is 2.41. The average molecular weight is 273 g/mol. The lowest BCUT2D eigenvalue weighted by Gasteiger charge is -2.19. The Balaban J connectivity index is 3.32. The smallest absolute Gasteiger partial charge is 0.407 e. The van der Waals surface area contributed by atoms with Gasteiger partial charge < -0.3 is 10.1 Å². The van der Waals surface area contributed by atoms with Gasteiger partial charge in [0, 0.05) is 13.0 Å². The van der Waals surface area contributed by atoms with Gasteiger partial charge in [-0.2, -0.15) is 0 Å². The number of amides is 2. The third kappa shape index (κ3) is 12.9. The van der Waals surface area contributed by atoms with Crippen molar-refractivity contribution in [2.45, 2.75) is 64.9 Å². The fourth-order valence-corrected chi connectivity index (χ4v) is 1.52. The Bertz CT molecular complexity index is 275. The van der Waals surface area contributed by atoms with Crippen molar-refractivity contribution < 1.29 is 14.3 Å². The Labute approximate surface area is 115 Å². The molecule has 0 saturated carbocycles. The van der Waals surface area contributed by atoms with Gasteiger partial charge in [-0.1, -0.05) is 19.3 Å². The summed E-state index contributed by atoms with van der Waals surface area (Å²) in [7, 11) is 0. The monoisotopic (exact) mass is 273 g/mol. The summed E-state index contributed by atoms with van der Waals surface area (Å²) in [5, 5.41) is 2.72. The highest BCUT2D eigenvalue weighted by molar-refractivity contribution is 5.75. The molecule has 0 atom stereocenters. The van der Waals surface area contributed by atoms with Crippen LogP contribution in [0, 0.1) is 0 Å². The predicted octanol–water partition coefficient (Wildman–Crippen LogP) is 1.84. The first-order valence-electron chi connectivity index (χ1n) is 6.81. The summed E-state index contributed by atoms with van der Waals surface area (Å²) >= 11 is 0. The van der Waals surface area contributed by atoms with Gasteiger partial charge >= 0.3 is 6.09 Å². The van der Waals surface area contributed by atoms with Crippen LogP contribution < -0.4 is 16.6 Å². The van der Waals surface area contributed by atoms with Crippen molar-refractivity contribution in [2.75, 3.05) is 6.54 Å². The van der Waals surface area contributed by atoms with Crippen molar-refractivity contribution in [3.05, 3.63) is 0 Å². The highest BCUT2D eigenvalue weighted by atomic mass is 16.6. The van der Waals surface area contributed by atoms with Gasteiger partial charge in [0.2, 0.25) is 5.91 Å². The van der Waals surface area contributed by atoms with E-state index < -0.39 is 5.60 Å². The Morgan fingerprint density at radius 2 is 1.63 bits per heavy atom. The topological polar surface area (TPSA) is 93.4 Å². The van der Waals surface area contributed by atoms with Crippen molar-refractivity contribution in [3.63, 3.8) is 0 Å². The lowest BCUT2D eigenvalue weighted by molar-refractivity contribution is -0.121. The standard InChI is InChI=1S/C13H27N3O3/c1-13(2,3)19-12(18)15-10-8-6-4-5-7-9-11(17)16-14/h4-10,14H2,1-3H3,(H,15,18)(H,16,17). The van der Waals surface area contributed by atoms with E-state index in [-0.39, 0.29) is 12.0 Å². The van der Waals surface area contributed by atoms with E-state index in [1.54, 1.807) is 0 Å². The van der Waals surface area contributed by atoms with E-state index >= 15 is 0 Å². The number of nitrogens with one attached hydrogen (secondary N) is 2. The minimum Gasteiger partial charge on any atom is -0.444 e. The molecule has 4 N–H and O–H groups in total. The van der Waals surface area contributed by atoms with Gasteiger partial charge in [0.05, 0.1) is 0 Å². The van der Waals surface area contributed by atoms with Crippen molar-refractivity contribution in [3.8, 4) is 0 Å². The zero-order valence-corrected chi connectivity index (χ0v) is 12.3. The summed E-state index contributed by atoms with van der Waals surface area (Å²) < 4.78 is 5.12. The van der Waals surface area contributed by atoms with Gasteiger partial charge in [0.25, 0.3) is 0 Å². The number of ether oxygens (including phenoxy) is 1. The molecule has 0 bridgehead atoms. The number of carbonyl (C=O) groups is 2. The molecule has 0 spiro atoms. The molecule has 0 aromatic carbocycles. The summed E-state index contributed by atoms with van der Waals surface area (Å²) in [6.07, 6.45) is 4.96. The quantitative estimate of drug-likeness (QED) is 0.272. The molecule has 6 nitrogen and oxygen atoms in total. The van der Waals surface area contributed by atoms with E-state index in [9.17, 15) is 9.59 Å². The van der Waals surface area contributed by atoms with E-state index in [4.69, 9.17) is 10.6 Å². The summed E-state index contributed by atoms with van der Waals surface area (Å²) in [5.74, 6) is 4.85. The second kappa shape index (κ2) is 9.61. The predicted molar refractivity (Wildman–Crippen MR) is 74.3 cm³/mol. The number of hydrazine groups is 1. The van der Waals surface area contributed by atoms with Crippen molar-refractivity contribution in [2.24, 2.45) is 5.84 Å². The van der Waals surface area contributed by atoms with Crippen LogP contribution in [0.1, 0.15) is 59.3 Å². The average Bonchev–Trinajstić information content (AvgIpc) is 2.29. The zero-order chi connectivity index (χ0) is 14.7. The number of carbonyl (C=O) groups excluding carboxylic acids is 2. The molecule has 112 valence electrons. The van der Waals surface area contributed by atoms with Gasteiger partial charge in [-0.15, -0.1) is 0 Å². The van der Waals surface area contributed by atoms with Crippen molar-refractivity contribution in [1.29, 1.82) is 0 Å². The van der Waals surface area contributed by atoms with Crippen LogP contribution in [0.2, 0.25) is 0 Å².